The van der Waals surface area contributed by atoms with Gasteiger partial charge in [0.25, 0.3) is 0 Å². The number of hydrogen-bond donors (Lipinski definition) is 0. The summed E-state index contributed by atoms with van der Waals surface area (Å²) in [6.45, 7) is 1.47. The van der Waals surface area contributed by atoms with E-state index in [4.69, 9.17) is 0 Å². The lowest BCUT2D eigenvalue weighted by atomic mass is 10.0. The molecule has 0 unspecified atom stereocenters. The zero-order valence-electron chi connectivity index (χ0n) is 10.9. The third kappa shape index (κ3) is 2.18. The first-order chi connectivity index (χ1) is 9.65. The number of hydrogen-bond acceptors (Lipinski definition) is 2. The zero-order chi connectivity index (χ0) is 14.1. The Hall–Kier alpha value is -2.55. The fourth-order valence-corrected chi connectivity index (χ4v) is 2.18. The molecule has 20 heavy (non-hydrogen) atoms. The molecule has 0 saturated carbocycles. The highest BCUT2D eigenvalue weighted by Gasteiger charge is 2.09. The first-order valence-electron chi connectivity index (χ1n) is 6.31. The average Bonchev–Trinajstić information content (AvgIpc) is 2.47. The Morgan fingerprint density at radius 2 is 1.90 bits per heavy atom. The topological polar surface area (TPSA) is 30.0 Å². The quantitative estimate of drug-likeness (QED) is 0.648. The van der Waals surface area contributed by atoms with Crippen molar-refractivity contribution in [1.82, 2.24) is 4.98 Å². The molecule has 0 aliphatic rings. The van der Waals surface area contributed by atoms with Crippen LogP contribution in [0.2, 0.25) is 0 Å². The van der Waals surface area contributed by atoms with Crippen molar-refractivity contribution < 1.29 is 9.18 Å². The summed E-state index contributed by atoms with van der Waals surface area (Å²) >= 11 is 0. The molecule has 0 atom stereocenters. The predicted molar refractivity (Wildman–Crippen MR) is 77.1 cm³/mol. The number of fused-ring (bicyclic) bond motifs is 1. The summed E-state index contributed by atoms with van der Waals surface area (Å²) in [5, 5.41) is 0.942. The number of aromatic nitrogens is 1. The third-order valence-corrected chi connectivity index (χ3v) is 3.27. The van der Waals surface area contributed by atoms with Crippen LogP contribution >= 0.6 is 0 Å². The Morgan fingerprint density at radius 3 is 2.70 bits per heavy atom. The molecule has 3 aromatic rings. The number of Topliss-reactive ketones (excluding diaryl/α,β-unsaturated/α-hetero) is 1. The molecule has 0 aliphatic carbocycles. The van der Waals surface area contributed by atoms with Gasteiger partial charge in [-0.25, -0.2) is 4.39 Å². The summed E-state index contributed by atoms with van der Waals surface area (Å²) in [5.74, 6) is -0.438. The number of para-hydroxylation sites is 1. The molecule has 3 rings (SSSR count). The van der Waals surface area contributed by atoms with E-state index in [9.17, 15) is 9.18 Å². The molecule has 1 heterocycles. The fraction of sp³-hybridized carbons (Fsp3) is 0.0588. The second-order valence-corrected chi connectivity index (χ2v) is 4.67. The molecule has 2 nitrogen and oxygen atoms in total. The highest BCUT2D eigenvalue weighted by Crippen LogP contribution is 2.26. The number of ketones is 1. The number of pyridine rings is 1. The fourth-order valence-electron chi connectivity index (χ4n) is 2.18. The highest BCUT2D eigenvalue weighted by molar-refractivity contribution is 5.95. The Kier molecular flexibility index (Phi) is 3.03. The molecule has 0 N–H and O–H groups in total. The van der Waals surface area contributed by atoms with Gasteiger partial charge in [-0.2, -0.15) is 0 Å². The maximum atomic E-state index is 14.0. The van der Waals surface area contributed by atoms with Gasteiger partial charge in [0.2, 0.25) is 0 Å². The highest BCUT2D eigenvalue weighted by atomic mass is 19.1. The maximum absolute atomic E-state index is 14.0. The van der Waals surface area contributed by atoms with Crippen LogP contribution < -0.4 is 0 Å². The van der Waals surface area contributed by atoms with E-state index in [0.29, 0.717) is 16.7 Å². The lowest BCUT2D eigenvalue weighted by molar-refractivity contribution is 0.101. The smallest absolute Gasteiger partial charge is 0.159 e. The minimum atomic E-state index is -0.355. The van der Waals surface area contributed by atoms with Crippen LogP contribution in [0.25, 0.3) is 22.0 Å². The second-order valence-electron chi connectivity index (χ2n) is 4.67. The summed E-state index contributed by atoms with van der Waals surface area (Å²) in [7, 11) is 0. The van der Waals surface area contributed by atoms with Crippen molar-refractivity contribution in [2.24, 2.45) is 0 Å². The van der Waals surface area contributed by atoms with Crippen molar-refractivity contribution in [3.63, 3.8) is 0 Å². The standard InChI is InChI=1S/C17H12FNO/c1-11(20)12-6-7-16(18)15(9-12)14-8-13-4-2-3-5-17(13)19-10-14/h2-10H,1H3. The number of rotatable bonds is 2. The van der Waals surface area contributed by atoms with Gasteiger partial charge in [-0.3, -0.25) is 9.78 Å². The van der Waals surface area contributed by atoms with Gasteiger partial charge in [0.15, 0.2) is 5.78 Å². The molecular weight excluding hydrogens is 253 g/mol. The minimum absolute atomic E-state index is 0.0833. The van der Waals surface area contributed by atoms with E-state index >= 15 is 0 Å². The van der Waals surface area contributed by atoms with Gasteiger partial charge in [-0.1, -0.05) is 18.2 Å². The number of carbonyl (C=O) groups is 1. The van der Waals surface area contributed by atoms with Crippen LogP contribution in [0.15, 0.2) is 54.7 Å². The Morgan fingerprint density at radius 1 is 1.10 bits per heavy atom. The molecule has 0 radical (unpaired) electrons. The summed E-state index contributed by atoms with van der Waals surface area (Å²) < 4.78 is 14.0. The van der Waals surface area contributed by atoms with Gasteiger partial charge < -0.3 is 0 Å². The Balaban J connectivity index is 2.19. The number of carbonyl (C=O) groups excluding carboxylic acids is 1. The molecule has 0 amide bonds. The third-order valence-electron chi connectivity index (χ3n) is 3.27. The monoisotopic (exact) mass is 265 g/mol. The van der Waals surface area contributed by atoms with Crippen molar-refractivity contribution in [2.45, 2.75) is 6.92 Å². The van der Waals surface area contributed by atoms with Gasteiger partial charge in [0, 0.05) is 28.3 Å². The molecule has 0 aliphatic heterocycles. The summed E-state index contributed by atoms with van der Waals surface area (Å²) in [6, 6.07) is 13.9. The largest absolute Gasteiger partial charge is 0.295 e. The zero-order valence-corrected chi connectivity index (χ0v) is 10.9. The molecule has 3 heteroatoms. The van der Waals surface area contributed by atoms with Gasteiger partial charge in [0.05, 0.1) is 5.52 Å². The number of benzene rings is 2. The normalized spacial score (nSPS) is 10.7. The van der Waals surface area contributed by atoms with Gasteiger partial charge in [0.1, 0.15) is 5.82 Å². The van der Waals surface area contributed by atoms with E-state index < -0.39 is 0 Å². The summed E-state index contributed by atoms with van der Waals surface area (Å²) in [5.41, 5.74) is 2.43. The number of nitrogens with zero attached hydrogens (tertiary/aromatic N) is 1. The van der Waals surface area contributed by atoms with Crippen LogP contribution in [0.1, 0.15) is 17.3 Å². The van der Waals surface area contributed by atoms with Crippen molar-refractivity contribution in [3.05, 3.63) is 66.1 Å². The molecular formula is C17H12FNO. The van der Waals surface area contributed by atoms with E-state index in [0.717, 1.165) is 10.9 Å². The van der Waals surface area contributed by atoms with Crippen LogP contribution in [-0.2, 0) is 0 Å². The van der Waals surface area contributed by atoms with Crippen LogP contribution in [0.4, 0.5) is 4.39 Å². The van der Waals surface area contributed by atoms with E-state index in [1.54, 1.807) is 12.3 Å². The molecule has 0 fully saturated rings. The van der Waals surface area contributed by atoms with Crippen LogP contribution in [0.5, 0.6) is 0 Å². The predicted octanol–water partition coefficient (Wildman–Crippen LogP) is 4.24. The van der Waals surface area contributed by atoms with Crippen molar-refractivity contribution >= 4 is 16.7 Å². The molecule has 2 aromatic carbocycles. The molecule has 0 saturated heterocycles. The average molecular weight is 265 g/mol. The van der Waals surface area contributed by atoms with Crippen LogP contribution in [0, 0.1) is 5.82 Å². The molecule has 1 aromatic heterocycles. The van der Waals surface area contributed by atoms with Crippen molar-refractivity contribution in [2.75, 3.05) is 0 Å². The van der Waals surface area contributed by atoms with E-state index in [1.807, 2.05) is 30.3 Å². The maximum Gasteiger partial charge on any atom is 0.159 e. The number of halogens is 1. The van der Waals surface area contributed by atoms with Gasteiger partial charge in [-0.15, -0.1) is 0 Å². The molecule has 98 valence electrons. The van der Waals surface area contributed by atoms with E-state index in [1.165, 1.54) is 19.1 Å². The Bertz CT molecular complexity index is 811. The van der Waals surface area contributed by atoms with E-state index in [2.05, 4.69) is 4.98 Å². The first kappa shape index (κ1) is 12.5. The SMILES string of the molecule is CC(=O)c1ccc(F)c(-c2cnc3ccccc3c2)c1. The van der Waals surface area contributed by atoms with Gasteiger partial charge >= 0.3 is 0 Å². The van der Waals surface area contributed by atoms with Crippen LogP contribution in [-0.4, -0.2) is 10.8 Å². The molecule has 0 spiro atoms. The lowest BCUT2D eigenvalue weighted by Crippen LogP contribution is -1.95. The van der Waals surface area contributed by atoms with Gasteiger partial charge in [-0.05, 0) is 37.3 Å². The summed E-state index contributed by atoms with van der Waals surface area (Å²) in [4.78, 5) is 15.7. The first-order valence-corrected chi connectivity index (χ1v) is 6.31. The summed E-state index contributed by atoms with van der Waals surface area (Å²) in [6.07, 6.45) is 1.63. The molecule has 0 bridgehead atoms. The van der Waals surface area contributed by atoms with Crippen molar-refractivity contribution in [3.8, 4) is 11.1 Å². The van der Waals surface area contributed by atoms with Crippen LogP contribution in [0.3, 0.4) is 0 Å². The van der Waals surface area contributed by atoms with E-state index in [-0.39, 0.29) is 11.6 Å². The van der Waals surface area contributed by atoms with Crippen molar-refractivity contribution in [1.29, 1.82) is 0 Å². The second kappa shape index (κ2) is 4.85. The Labute approximate surface area is 115 Å². The minimum Gasteiger partial charge on any atom is -0.295 e. The lowest BCUT2D eigenvalue weighted by Gasteiger charge is -2.06.